The van der Waals surface area contributed by atoms with E-state index in [1.165, 1.54) is 17.3 Å². The average Bonchev–Trinajstić information content (AvgIpc) is 3.83. The second-order valence-electron chi connectivity index (χ2n) is 17.8. The molecule has 3 heterocycles. The van der Waals surface area contributed by atoms with Crippen LogP contribution in [0.3, 0.4) is 0 Å². The number of benzene rings is 6. The molecular weight excluding hydrogens is 846 g/mol. The molecule has 0 aliphatic heterocycles. The predicted octanol–water partition coefficient (Wildman–Crippen LogP) is 13.1. The monoisotopic (exact) mass is 900 g/mol. The SMILES string of the molecule is O=S(=O)([O-])C(F)(F)F.[2H]C([2H])([2H])c1cnc(-n2c3ccccc3c3ccc(Oc4cccc(-n5c[n+](-c6cc(C(C)(C)C)cc(C(C)(C)C)c6)c6ccccc65)c4)cc32)c(C([2H])([2H])[2H])c1-c1ccccc1. The van der Waals surface area contributed by atoms with Crippen molar-refractivity contribution >= 4 is 43.0 Å². The Morgan fingerprint density at radius 3 is 1.94 bits per heavy atom. The lowest BCUT2D eigenvalue weighted by molar-refractivity contribution is -0.567. The van der Waals surface area contributed by atoms with E-state index in [1.807, 2.05) is 71.3 Å². The van der Waals surface area contributed by atoms with Crippen LogP contribution in [0.4, 0.5) is 13.2 Å². The topological polar surface area (TPSA) is 93.1 Å². The molecular formula is C53H49F3N4O4S. The number of alkyl halides is 3. The molecule has 0 saturated carbocycles. The Balaban J connectivity index is 0.000000779. The van der Waals surface area contributed by atoms with Gasteiger partial charge in [-0.2, -0.15) is 22.3 Å². The Labute approximate surface area is 385 Å². The first-order chi connectivity index (χ1) is 33.0. The number of imidazole rings is 1. The van der Waals surface area contributed by atoms with E-state index in [0.717, 1.165) is 38.7 Å². The van der Waals surface area contributed by atoms with Gasteiger partial charge in [-0.15, -0.1) is 0 Å². The van der Waals surface area contributed by atoms with Crippen molar-refractivity contribution in [1.29, 1.82) is 0 Å². The van der Waals surface area contributed by atoms with Crippen molar-refractivity contribution < 1.29 is 43.7 Å². The van der Waals surface area contributed by atoms with Crippen molar-refractivity contribution in [3.63, 3.8) is 0 Å². The Morgan fingerprint density at radius 1 is 0.677 bits per heavy atom. The standard InChI is InChI=1S/C52H49N4O.CHF3O3S/c1-34-32-53-50(35(2)49(34)36-17-10-9-11-18-36)56-45-22-13-12-21-43(45)44-26-25-42(31-48(44)56)57-41-20-16-19-39(30-41)54-33-55(47-24-15-14-23-46(47)54)40-28-37(51(3,4)5)27-38(29-40)52(6,7)8;2-1(3,4)8(5,6)7/h9-33H,1-8H3;(H,5,6,7)/q+1;/p-1/i1D3,2D3;. The number of nitrogens with zero attached hydrogens (tertiary/aromatic N) is 4. The number of fused-ring (bicyclic) bond motifs is 4. The molecule has 0 amide bonds. The summed E-state index contributed by atoms with van der Waals surface area (Å²) in [6.07, 6.45) is 3.44. The highest BCUT2D eigenvalue weighted by Gasteiger charge is 2.37. The molecule has 0 saturated heterocycles. The fourth-order valence-corrected chi connectivity index (χ4v) is 7.79. The summed E-state index contributed by atoms with van der Waals surface area (Å²) in [7, 11) is -6.09. The molecule has 9 rings (SSSR count). The second kappa shape index (κ2) is 16.7. The molecule has 3 aromatic heterocycles. The van der Waals surface area contributed by atoms with Crippen LogP contribution in [0, 0.1) is 13.7 Å². The smallest absolute Gasteiger partial charge is 0.485 e. The maximum atomic E-state index is 10.7. The molecule has 0 spiro atoms. The number of aromatic nitrogens is 4. The Morgan fingerprint density at radius 2 is 1.29 bits per heavy atom. The molecule has 0 atom stereocenters. The van der Waals surface area contributed by atoms with E-state index < -0.39 is 29.3 Å². The molecule has 0 radical (unpaired) electrons. The van der Waals surface area contributed by atoms with Crippen molar-refractivity contribution in [2.45, 2.75) is 71.6 Å². The molecule has 0 unspecified atom stereocenters. The highest BCUT2D eigenvalue weighted by Crippen LogP contribution is 2.39. The summed E-state index contributed by atoms with van der Waals surface area (Å²) in [5, 5.41) is 1.75. The minimum Gasteiger partial charge on any atom is -0.741 e. The van der Waals surface area contributed by atoms with Gasteiger partial charge in [0.1, 0.15) is 28.7 Å². The lowest BCUT2D eigenvalue weighted by Crippen LogP contribution is -2.31. The van der Waals surface area contributed by atoms with Crippen LogP contribution in [-0.2, 0) is 20.9 Å². The fourth-order valence-electron chi connectivity index (χ4n) is 7.79. The highest BCUT2D eigenvalue weighted by molar-refractivity contribution is 7.86. The summed E-state index contributed by atoms with van der Waals surface area (Å²) in [5.41, 5.74) is 2.67. The molecule has 0 N–H and O–H groups in total. The van der Waals surface area contributed by atoms with Gasteiger partial charge in [-0.05, 0) is 107 Å². The maximum Gasteiger partial charge on any atom is 0.485 e. The van der Waals surface area contributed by atoms with Crippen molar-refractivity contribution in [3.8, 4) is 39.8 Å². The lowest BCUT2D eigenvalue weighted by Gasteiger charge is -2.25. The van der Waals surface area contributed by atoms with Gasteiger partial charge in [0.15, 0.2) is 21.2 Å². The van der Waals surface area contributed by atoms with Crippen LogP contribution in [0.1, 0.15) is 72.0 Å². The number of para-hydroxylation sites is 3. The predicted molar refractivity (Wildman–Crippen MR) is 252 cm³/mol. The van der Waals surface area contributed by atoms with E-state index in [2.05, 4.69) is 111 Å². The van der Waals surface area contributed by atoms with E-state index in [9.17, 15) is 13.2 Å². The minimum absolute atomic E-state index is 0.0400. The van der Waals surface area contributed by atoms with Gasteiger partial charge in [0.05, 0.1) is 11.0 Å². The molecule has 12 heteroatoms. The van der Waals surface area contributed by atoms with Gasteiger partial charge in [0.2, 0.25) is 0 Å². The Kier molecular flexibility index (Phi) is 9.64. The van der Waals surface area contributed by atoms with E-state index in [-0.39, 0.29) is 33.3 Å². The van der Waals surface area contributed by atoms with Crippen molar-refractivity contribution in [3.05, 3.63) is 174 Å². The largest absolute Gasteiger partial charge is 0.741 e. The van der Waals surface area contributed by atoms with Gasteiger partial charge in [-0.3, -0.25) is 4.57 Å². The average molecular weight is 901 g/mol. The summed E-state index contributed by atoms with van der Waals surface area (Å²) < 4.78 is 124. The number of ether oxygens (including phenoxy) is 1. The van der Waals surface area contributed by atoms with Gasteiger partial charge in [-0.1, -0.05) is 114 Å². The molecule has 0 aliphatic carbocycles. The summed E-state index contributed by atoms with van der Waals surface area (Å²) in [5.74, 6) is 1.27. The third-order valence-electron chi connectivity index (χ3n) is 11.2. The van der Waals surface area contributed by atoms with Crippen LogP contribution in [-0.4, -0.2) is 32.6 Å². The van der Waals surface area contributed by atoms with Gasteiger partial charge < -0.3 is 9.29 Å². The van der Waals surface area contributed by atoms with E-state index in [1.54, 1.807) is 24.3 Å². The number of halogens is 3. The number of hydrogen-bond acceptors (Lipinski definition) is 5. The minimum atomic E-state index is -6.09. The Hall–Kier alpha value is -6.76. The number of rotatable bonds is 6. The van der Waals surface area contributed by atoms with Crippen molar-refractivity contribution in [2.75, 3.05) is 0 Å². The third kappa shape index (κ3) is 8.88. The molecule has 8 nitrogen and oxygen atoms in total. The molecule has 332 valence electrons. The van der Waals surface area contributed by atoms with Gasteiger partial charge >= 0.3 is 5.51 Å². The van der Waals surface area contributed by atoms with E-state index in [4.69, 9.17) is 25.9 Å². The quantitative estimate of drug-likeness (QED) is 0.0941. The summed E-state index contributed by atoms with van der Waals surface area (Å²) >= 11 is 0. The number of pyridine rings is 1. The normalized spacial score (nSPS) is 14.2. The van der Waals surface area contributed by atoms with Gasteiger partial charge in [-0.25, -0.2) is 13.4 Å². The molecule has 0 fully saturated rings. The highest BCUT2D eigenvalue weighted by atomic mass is 32.2. The van der Waals surface area contributed by atoms with Crippen LogP contribution in [0.25, 0.3) is 61.2 Å². The van der Waals surface area contributed by atoms with Crippen LogP contribution in [0.2, 0.25) is 0 Å². The lowest BCUT2D eigenvalue weighted by atomic mass is 9.80. The molecule has 9 aromatic rings. The van der Waals surface area contributed by atoms with Crippen LogP contribution in [0.15, 0.2) is 152 Å². The van der Waals surface area contributed by atoms with Crippen LogP contribution < -0.4 is 9.30 Å². The first-order valence-electron chi connectivity index (χ1n) is 23.6. The Bertz CT molecular complexity index is 3560. The van der Waals surface area contributed by atoms with E-state index in [0.29, 0.717) is 22.6 Å². The van der Waals surface area contributed by atoms with Crippen LogP contribution in [0.5, 0.6) is 11.5 Å². The van der Waals surface area contributed by atoms with Crippen molar-refractivity contribution in [2.24, 2.45) is 0 Å². The summed E-state index contributed by atoms with van der Waals surface area (Å²) in [6, 6.07) is 45.6. The molecule has 65 heavy (non-hydrogen) atoms. The molecule has 0 bridgehead atoms. The summed E-state index contributed by atoms with van der Waals surface area (Å²) in [4.78, 5) is 4.68. The summed E-state index contributed by atoms with van der Waals surface area (Å²) in [6.45, 7) is 8.16. The zero-order valence-corrected chi connectivity index (χ0v) is 37.2. The first-order valence-corrected chi connectivity index (χ1v) is 22.0. The van der Waals surface area contributed by atoms with Crippen molar-refractivity contribution in [1.82, 2.24) is 14.1 Å². The second-order valence-corrected chi connectivity index (χ2v) is 19.1. The zero-order valence-electron chi connectivity index (χ0n) is 42.4. The molecule has 0 aliphatic rings. The number of hydrogen-bond donors (Lipinski definition) is 0. The maximum absolute atomic E-state index is 10.7. The van der Waals surface area contributed by atoms with Crippen LogP contribution >= 0.6 is 0 Å². The third-order valence-corrected chi connectivity index (χ3v) is 11.7. The molecule has 6 aromatic carbocycles. The fraction of sp³-hybridized carbons (Fsp3) is 0.208. The number of aryl methyl sites for hydroxylation is 1. The zero-order chi connectivity index (χ0) is 51.6. The van der Waals surface area contributed by atoms with Gasteiger partial charge in [0.25, 0.3) is 6.33 Å². The van der Waals surface area contributed by atoms with E-state index >= 15 is 0 Å². The van der Waals surface area contributed by atoms with Gasteiger partial charge in [0, 0.05) is 42.9 Å². The first kappa shape index (κ1) is 37.6.